The predicted octanol–water partition coefficient (Wildman–Crippen LogP) is 2.07. The molecule has 0 aliphatic rings. The number of rotatable bonds is 5. The van der Waals surface area contributed by atoms with Gasteiger partial charge in [-0.05, 0) is 30.7 Å². The molecule has 0 saturated heterocycles. The molecule has 4 nitrogen and oxygen atoms in total. The Morgan fingerprint density at radius 3 is 2.44 bits per heavy atom. The van der Waals surface area contributed by atoms with Crippen LogP contribution >= 0.6 is 0 Å². The third-order valence-corrected chi connectivity index (χ3v) is 3.19. The Bertz CT molecular complexity index is 471. The Kier molecular flexibility index (Phi) is 4.32. The summed E-state index contributed by atoms with van der Waals surface area (Å²) in [6, 6.07) is 7.93. The second kappa shape index (κ2) is 5.52. The molecule has 86 valence electrons. The first-order chi connectivity index (χ1) is 7.57. The van der Waals surface area contributed by atoms with Gasteiger partial charge in [0.15, 0.2) is 0 Å². The summed E-state index contributed by atoms with van der Waals surface area (Å²) < 4.78 is 27.7. The van der Waals surface area contributed by atoms with Crippen molar-refractivity contribution in [2.24, 2.45) is 0 Å². The van der Waals surface area contributed by atoms with Crippen molar-refractivity contribution in [3.05, 3.63) is 29.8 Å². The highest BCUT2D eigenvalue weighted by Crippen LogP contribution is 2.14. The Morgan fingerprint density at radius 1 is 1.31 bits per heavy atom. The van der Waals surface area contributed by atoms with Crippen LogP contribution in [-0.4, -0.2) is 14.2 Å². The van der Waals surface area contributed by atoms with E-state index in [9.17, 15) is 8.42 Å². The molecule has 0 fully saturated rings. The van der Waals surface area contributed by atoms with Gasteiger partial charge in [-0.15, -0.1) is 0 Å². The summed E-state index contributed by atoms with van der Waals surface area (Å²) in [5.74, 6) is 0.263. The van der Waals surface area contributed by atoms with Gasteiger partial charge in [0.25, 0.3) is 0 Å². The van der Waals surface area contributed by atoms with E-state index in [1.54, 1.807) is 0 Å². The van der Waals surface area contributed by atoms with Crippen molar-refractivity contribution < 1.29 is 12.6 Å². The largest absolute Gasteiger partial charge is 0.382 e. The molecule has 0 aliphatic heterocycles. The molecule has 0 atom stereocenters. The highest BCUT2D eigenvalue weighted by molar-refractivity contribution is 7.87. The van der Waals surface area contributed by atoms with Crippen LogP contribution in [0.2, 0.25) is 0 Å². The van der Waals surface area contributed by atoms with Crippen LogP contribution in [0.3, 0.4) is 0 Å². The summed E-state index contributed by atoms with van der Waals surface area (Å²) in [5, 5.41) is 8.57. The Hall–Kier alpha value is -1.54. The van der Waals surface area contributed by atoms with E-state index in [1.807, 2.05) is 13.0 Å². The fraction of sp³-hybridized carbons (Fsp3) is 0.364. The summed E-state index contributed by atoms with van der Waals surface area (Å²) in [6.07, 6.45) is 1.38. The minimum absolute atomic E-state index is 0.0174. The number of hydrogen-bond donors (Lipinski definition) is 0. The summed E-state index contributed by atoms with van der Waals surface area (Å²) in [5.41, 5.74) is 0.471. The number of unbranched alkanes of at least 4 members (excludes halogenated alkanes) is 1. The maximum absolute atomic E-state index is 11.4. The monoisotopic (exact) mass is 239 g/mol. The zero-order valence-electron chi connectivity index (χ0n) is 9.01. The topological polar surface area (TPSA) is 67.2 Å². The van der Waals surface area contributed by atoms with Crippen molar-refractivity contribution in [2.75, 3.05) is 5.75 Å². The molecule has 16 heavy (non-hydrogen) atoms. The van der Waals surface area contributed by atoms with E-state index < -0.39 is 10.1 Å². The van der Waals surface area contributed by atoms with E-state index in [0.717, 1.165) is 6.42 Å². The third-order valence-electron chi connectivity index (χ3n) is 1.95. The Balaban J connectivity index is 2.70. The maximum atomic E-state index is 11.4. The minimum atomic E-state index is -3.50. The smallest absolute Gasteiger partial charge is 0.309 e. The zero-order chi connectivity index (χ0) is 12.0. The lowest BCUT2D eigenvalue weighted by atomic mass is 10.2. The van der Waals surface area contributed by atoms with Gasteiger partial charge in [-0.2, -0.15) is 13.7 Å². The molecule has 0 amide bonds. The lowest BCUT2D eigenvalue weighted by Crippen LogP contribution is -2.13. The fourth-order valence-corrected chi connectivity index (χ4v) is 2.22. The first kappa shape index (κ1) is 12.5. The molecule has 0 N–H and O–H groups in total. The number of hydrogen-bond acceptors (Lipinski definition) is 4. The number of nitriles is 1. The molecule has 0 aliphatic carbocycles. The summed E-state index contributed by atoms with van der Waals surface area (Å²) >= 11 is 0. The quantitative estimate of drug-likeness (QED) is 0.738. The van der Waals surface area contributed by atoms with Crippen LogP contribution in [-0.2, 0) is 10.1 Å². The first-order valence-electron chi connectivity index (χ1n) is 4.99. The highest BCUT2D eigenvalue weighted by atomic mass is 32.2. The average Bonchev–Trinajstić information content (AvgIpc) is 2.27. The SMILES string of the molecule is CCCCS(=O)(=O)Oc1ccc(C#N)cc1. The molecule has 5 heteroatoms. The Morgan fingerprint density at radius 2 is 1.94 bits per heavy atom. The molecular weight excluding hydrogens is 226 g/mol. The van der Waals surface area contributed by atoms with E-state index in [0.29, 0.717) is 12.0 Å². The van der Waals surface area contributed by atoms with E-state index >= 15 is 0 Å². The average molecular weight is 239 g/mol. The first-order valence-corrected chi connectivity index (χ1v) is 6.57. The number of nitrogens with zero attached hydrogens (tertiary/aromatic N) is 1. The summed E-state index contributed by atoms with van der Waals surface area (Å²) in [7, 11) is -3.50. The minimum Gasteiger partial charge on any atom is -0.382 e. The standard InChI is InChI=1S/C11H13NO3S/c1-2-3-8-16(13,14)15-11-6-4-10(9-12)5-7-11/h4-7H,2-3,8H2,1H3. The number of benzene rings is 1. The van der Waals surface area contributed by atoms with Gasteiger partial charge in [0.2, 0.25) is 0 Å². The second-order valence-corrected chi connectivity index (χ2v) is 5.03. The highest BCUT2D eigenvalue weighted by Gasteiger charge is 2.11. The lowest BCUT2D eigenvalue weighted by molar-refractivity contribution is 0.483. The van der Waals surface area contributed by atoms with Gasteiger partial charge in [0, 0.05) is 0 Å². The van der Waals surface area contributed by atoms with E-state index in [1.165, 1.54) is 24.3 Å². The van der Waals surface area contributed by atoms with Crippen LogP contribution in [0.5, 0.6) is 5.75 Å². The molecule has 0 bridgehead atoms. The molecule has 1 rings (SSSR count). The van der Waals surface area contributed by atoms with Gasteiger partial charge in [0.05, 0.1) is 17.4 Å². The lowest BCUT2D eigenvalue weighted by Gasteiger charge is -2.05. The van der Waals surface area contributed by atoms with Crippen LogP contribution < -0.4 is 4.18 Å². The van der Waals surface area contributed by atoms with Gasteiger partial charge in [0.1, 0.15) is 5.75 Å². The van der Waals surface area contributed by atoms with Crippen LogP contribution in [0.1, 0.15) is 25.3 Å². The van der Waals surface area contributed by atoms with E-state index in [2.05, 4.69) is 0 Å². The van der Waals surface area contributed by atoms with Crippen molar-refractivity contribution in [2.45, 2.75) is 19.8 Å². The van der Waals surface area contributed by atoms with Gasteiger partial charge < -0.3 is 4.18 Å². The second-order valence-electron chi connectivity index (χ2n) is 3.33. The molecule has 0 aromatic heterocycles. The van der Waals surface area contributed by atoms with E-state index in [4.69, 9.17) is 9.44 Å². The third kappa shape index (κ3) is 3.91. The maximum Gasteiger partial charge on any atom is 0.309 e. The van der Waals surface area contributed by atoms with Gasteiger partial charge in [-0.3, -0.25) is 0 Å². The Labute approximate surface area is 95.6 Å². The normalized spacial score (nSPS) is 10.8. The predicted molar refractivity (Wildman–Crippen MR) is 60.5 cm³/mol. The summed E-state index contributed by atoms with van der Waals surface area (Å²) in [6.45, 7) is 1.91. The molecule has 0 radical (unpaired) electrons. The van der Waals surface area contributed by atoms with Crippen LogP contribution in [0.4, 0.5) is 0 Å². The molecule has 1 aromatic carbocycles. The molecule has 0 unspecified atom stereocenters. The molecule has 0 saturated carbocycles. The van der Waals surface area contributed by atoms with Gasteiger partial charge >= 0.3 is 10.1 Å². The molecule has 0 heterocycles. The van der Waals surface area contributed by atoms with Crippen molar-refractivity contribution in [1.82, 2.24) is 0 Å². The van der Waals surface area contributed by atoms with Gasteiger partial charge in [-0.1, -0.05) is 13.3 Å². The van der Waals surface area contributed by atoms with Crippen molar-refractivity contribution >= 4 is 10.1 Å². The molecule has 0 spiro atoms. The molecular formula is C11H13NO3S. The van der Waals surface area contributed by atoms with Crippen molar-refractivity contribution in [3.63, 3.8) is 0 Å². The summed E-state index contributed by atoms with van der Waals surface area (Å²) in [4.78, 5) is 0. The van der Waals surface area contributed by atoms with Gasteiger partial charge in [-0.25, -0.2) is 0 Å². The fourth-order valence-electron chi connectivity index (χ4n) is 1.09. The van der Waals surface area contributed by atoms with Crippen LogP contribution in [0.25, 0.3) is 0 Å². The van der Waals surface area contributed by atoms with Crippen LogP contribution in [0, 0.1) is 11.3 Å². The van der Waals surface area contributed by atoms with E-state index in [-0.39, 0.29) is 11.5 Å². The van der Waals surface area contributed by atoms with Crippen molar-refractivity contribution in [1.29, 1.82) is 5.26 Å². The zero-order valence-corrected chi connectivity index (χ0v) is 9.83. The molecule has 1 aromatic rings. The van der Waals surface area contributed by atoms with Crippen molar-refractivity contribution in [3.8, 4) is 11.8 Å². The van der Waals surface area contributed by atoms with Crippen LogP contribution in [0.15, 0.2) is 24.3 Å².